The topological polar surface area (TPSA) is 180 Å². The predicted octanol–water partition coefficient (Wildman–Crippen LogP) is 5.10. The molecule has 0 atom stereocenters. The summed E-state index contributed by atoms with van der Waals surface area (Å²) in [7, 11) is 1.31. The molecule has 0 radical (unpaired) electrons. The summed E-state index contributed by atoms with van der Waals surface area (Å²) in [5, 5.41) is 24.9. The molecule has 1 aliphatic heterocycles. The van der Waals surface area contributed by atoms with Crippen LogP contribution in [0.3, 0.4) is 0 Å². The Labute approximate surface area is 244 Å². The number of allylic oxidation sites excluding steroid dienone is 1. The number of methoxy groups -OCH3 is 1. The van der Waals surface area contributed by atoms with E-state index in [2.05, 4.69) is 11.9 Å². The maximum Gasteiger partial charge on any atom is 0.335 e. The van der Waals surface area contributed by atoms with Crippen LogP contribution in [0.4, 0.5) is 21.9 Å². The van der Waals surface area contributed by atoms with Crippen molar-refractivity contribution in [3.05, 3.63) is 104 Å². The summed E-state index contributed by atoms with van der Waals surface area (Å²) < 4.78 is 16.7. The lowest BCUT2D eigenvalue weighted by molar-refractivity contribution is -0.394. The monoisotopic (exact) mass is 588 g/mol. The van der Waals surface area contributed by atoms with Crippen LogP contribution < -0.4 is 24.4 Å². The van der Waals surface area contributed by atoms with E-state index in [1.165, 1.54) is 37.5 Å². The van der Waals surface area contributed by atoms with E-state index in [9.17, 15) is 34.6 Å². The van der Waals surface area contributed by atoms with Crippen molar-refractivity contribution in [1.29, 1.82) is 0 Å². The van der Waals surface area contributed by atoms with Gasteiger partial charge in [0.15, 0.2) is 11.5 Å². The number of barbiturate groups is 1. The highest BCUT2D eigenvalue weighted by atomic mass is 16.6. The molecule has 0 saturated carbocycles. The largest absolute Gasteiger partial charge is 0.494 e. The molecule has 0 unspecified atom stereocenters. The number of imide groups is 2. The molecule has 220 valence electrons. The van der Waals surface area contributed by atoms with Crippen molar-refractivity contribution in [3.63, 3.8) is 0 Å². The summed E-state index contributed by atoms with van der Waals surface area (Å²) in [4.78, 5) is 60.7. The summed E-state index contributed by atoms with van der Waals surface area (Å²) in [5.74, 6) is -1.41. The number of carbonyl (C=O) groups is 3. The van der Waals surface area contributed by atoms with E-state index in [1.807, 2.05) is 6.92 Å². The summed E-state index contributed by atoms with van der Waals surface area (Å²) in [6.07, 6.45) is 2.95. The number of non-ortho nitro benzene ring substituents is 1. The molecule has 1 fully saturated rings. The molecule has 1 N–H and O–H groups in total. The summed E-state index contributed by atoms with van der Waals surface area (Å²) in [5.41, 5.74) is -0.568. The van der Waals surface area contributed by atoms with Gasteiger partial charge in [-0.2, -0.15) is 0 Å². The first-order valence-corrected chi connectivity index (χ1v) is 12.6. The molecule has 1 heterocycles. The average molecular weight is 589 g/mol. The van der Waals surface area contributed by atoms with Crippen LogP contribution in [-0.4, -0.2) is 41.4 Å². The van der Waals surface area contributed by atoms with Gasteiger partial charge in [0, 0.05) is 11.6 Å². The van der Waals surface area contributed by atoms with Gasteiger partial charge in [-0.25, -0.2) is 9.69 Å². The number of ether oxygens (including phenoxy) is 3. The van der Waals surface area contributed by atoms with Gasteiger partial charge in [0.1, 0.15) is 11.3 Å². The molecule has 0 spiro atoms. The van der Waals surface area contributed by atoms with Crippen molar-refractivity contribution in [1.82, 2.24) is 5.32 Å². The lowest BCUT2D eigenvalue weighted by Crippen LogP contribution is -2.54. The second kappa shape index (κ2) is 12.6. The van der Waals surface area contributed by atoms with Crippen LogP contribution in [0.5, 0.6) is 23.0 Å². The molecule has 1 saturated heterocycles. The Hall–Kier alpha value is -6.05. The number of urea groups is 1. The van der Waals surface area contributed by atoms with Crippen LogP contribution in [0.15, 0.2) is 72.8 Å². The highest BCUT2D eigenvalue weighted by molar-refractivity contribution is 6.39. The Morgan fingerprint density at radius 2 is 1.70 bits per heavy atom. The Balaban J connectivity index is 1.75. The van der Waals surface area contributed by atoms with E-state index in [4.69, 9.17) is 14.2 Å². The zero-order valence-corrected chi connectivity index (χ0v) is 22.9. The number of nitrogens with zero attached hydrogens (tertiary/aromatic N) is 3. The third-order valence-corrected chi connectivity index (χ3v) is 6.12. The van der Waals surface area contributed by atoms with Crippen LogP contribution >= 0.6 is 0 Å². The first-order chi connectivity index (χ1) is 20.6. The maximum atomic E-state index is 13.4. The number of nitro groups is 2. The molecule has 3 aromatic carbocycles. The van der Waals surface area contributed by atoms with Gasteiger partial charge < -0.3 is 14.2 Å². The molecule has 14 nitrogen and oxygen atoms in total. The smallest absolute Gasteiger partial charge is 0.335 e. The number of hydrogen-bond acceptors (Lipinski definition) is 10. The van der Waals surface area contributed by atoms with Gasteiger partial charge in [0.05, 0.1) is 35.3 Å². The van der Waals surface area contributed by atoms with Crippen molar-refractivity contribution in [2.24, 2.45) is 0 Å². The standard InChI is InChI=1S/C29H24N4O10/c1-4-6-18-13-17(15-25(41-3)26(18)43-24-12-9-20(32(37)38)16-23(24)33(39)40)14-22-27(34)30-29(36)31(28(22)35)19-7-10-21(11-8-19)42-5-2/h4,7-16H,1,5-6H2,2-3H3,(H,30,34,36)/b22-14+. The Morgan fingerprint density at radius 3 is 2.30 bits per heavy atom. The molecule has 14 heteroatoms. The Kier molecular flexibility index (Phi) is 8.79. The van der Waals surface area contributed by atoms with Crippen molar-refractivity contribution < 1.29 is 38.4 Å². The molecule has 1 aliphatic rings. The van der Waals surface area contributed by atoms with Gasteiger partial charge in [-0.05, 0) is 67.4 Å². The molecule has 4 rings (SSSR count). The van der Waals surface area contributed by atoms with Gasteiger partial charge in [0.2, 0.25) is 5.75 Å². The summed E-state index contributed by atoms with van der Waals surface area (Å²) >= 11 is 0. The lowest BCUT2D eigenvalue weighted by atomic mass is 10.0. The highest BCUT2D eigenvalue weighted by Crippen LogP contribution is 2.41. The quantitative estimate of drug-likeness (QED) is 0.104. The van der Waals surface area contributed by atoms with E-state index in [0.717, 1.165) is 23.1 Å². The summed E-state index contributed by atoms with van der Waals surface area (Å²) in [6, 6.07) is 11.2. The highest BCUT2D eigenvalue weighted by Gasteiger charge is 2.37. The Morgan fingerprint density at radius 1 is 0.977 bits per heavy atom. The van der Waals surface area contributed by atoms with Gasteiger partial charge in [-0.1, -0.05) is 6.08 Å². The molecule has 4 amide bonds. The molecule has 43 heavy (non-hydrogen) atoms. The normalized spacial score (nSPS) is 13.9. The molecular weight excluding hydrogens is 564 g/mol. The minimum Gasteiger partial charge on any atom is -0.494 e. The molecule has 3 aromatic rings. The van der Waals surface area contributed by atoms with Crippen molar-refractivity contribution >= 4 is 41.0 Å². The predicted molar refractivity (Wildman–Crippen MR) is 153 cm³/mol. The molecule has 0 bridgehead atoms. The van der Waals surface area contributed by atoms with Crippen molar-refractivity contribution in [3.8, 4) is 23.0 Å². The molecular formula is C29H24N4O10. The van der Waals surface area contributed by atoms with Crippen LogP contribution in [0.1, 0.15) is 18.1 Å². The number of carbonyl (C=O) groups excluding carboxylic acids is 3. The zero-order chi connectivity index (χ0) is 31.3. The second-order valence-corrected chi connectivity index (χ2v) is 8.86. The zero-order valence-electron chi connectivity index (χ0n) is 22.9. The minimum absolute atomic E-state index is 0.0483. The third-order valence-electron chi connectivity index (χ3n) is 6.12. The Bertz CT molecular complexity index is 1680. The van der Waals surface area contributed by atoms with Gasteiger partial charge in [-0.15, -0.1) is 6.58 Å². The van der Waals surface area contributed by atoms with E-state index in [0.29, 0.717) is 23.5 Å². The number of hydrogen-bond donors (Lipinski definition) is 1. The van der Waals surface area contributed by atoms with E-state index in [1.54, 1.807) is 18.2 Å². The van der Waals surface area contributed by atoms with Crippen LogP contribution in [0, 0.1) is 20.2 Å². The average Bonchev–Trinajstić information content (AvgIpc) is 2.97. The molecule has 0 aliphatic carbocycles. The third kappa shape index (κ3) is 6.32. The maximum absolute atomic E-state index is 13.4. The number of rotatable bonds is 11. The van der Waals surface area contributed by atoms with E-state index >= 15 is 0 Å². The summed E-state index contributed by atoms with van der Waals surface area (Å²) in [6.45, 7) is 5.95. The van der Waals surface area contributed by atoms with E-state index in [-0.39, 0.29) is 34.9 Å². The first kappa shape index (κ1) is 29.9. The van der Waals surface area contributed by atoms with Gasteiger partial charge >= 0.3 is 11.7 Å². The number of anilines is 1. The minimum atomic E-state index is -0.922. The fraction of sp³-hybridized carbons (Fsp3) is 0.138. The number of nitrogens with one attached hydrogen (secondary N) is 1. The second-order valence-electron chi connectivity index (χ2n) is 8.86. The van der Waals surface area contributed by atoms with Crippen LogP contribution in [0.2, 0.25) is 0 Å². The SMILES string of the molecule is C=CCc1cc(/C=C2\C(=O)NC(=O)N(c3ccc(OCC)cc3)C2=O)cc(OC)c1Oc1ccc([N+](=O)[O-])cc1[N+](=O)[O-]. The van der Waals surface area contributed by atoms with Crippen molar-refractivity contribution in [2.45, 2.75) is 13.3 Å². The lowest BCUT2D eigenvalue weighted by Gasteiger charge is -2.26. The molecule has 0 aromatic heterocycles. The number of amides is 4. The first-order valence-electron chi connectivity index (χ1n) is 12.6. The van der Waals surface area contributed by atoms with E-state index < -0.39 is 39.1 Å². The van der Waals surface area contributed by atoms with Crippen molar-refractivity contribution in [2.75, 3.05) is 18.6 Å². The van der Waals surface area contributed by atoms with Gasteiger partial charge in [0.25, 0.3) is 17.5 Å². The van der Waals surface area contributed by atoms with Crippen LogP contribution in [0.25, 0.3) is 6.08 Å². The fourth-order valence-corrected chi connectivity index (χ4v) is 4.22. The van der Waals surface area contributed by atoms with Gasteiger partial charge in [-0.3, -0.25) is 35.1 Å². The number of nitro benzene ring substituents is 2. The fourth-order valence-electron chi connectivity index (χ4n) is 4.22. The number of benzene rings is 3. The van der Waals surface area contributed by atoms with Crippen LogP contribution in [-0.2, 0) is 16.0 Å².